The minimum absolute atomic E-state index is 0.00857. The SMILES string of the molecule is CCNc1cnc(C(=O)N2CCCC2CO)cn1. The summed E-state index contributed by atoms with van der Waals surface area (Å²) in [7, 11) is 0. The molecule has 0 aliphatic carbocycles. The van der Waals surface area contributed by atoms with E-state index in [0.717, 1.165) is 19.4 Å². The predicted molar refractivity (Wildman–Crippen MR) is 67.3 cm³/mol. The molecular weight excluding hydrogens is 232 g/mol. The van der Waals surface area contributed by atoms with E-state index in [1.165, 1.54) is 6.20 Å². The zero-order valence-electron chi connectivity index (χ0n) is 10.5. The van der Waals surface area contributed by atoms with Crippen molar-refractivity contribution in [3.8, 4) is 0 Å². The van der Waals surface area contributed by atoms with Crippen LogP contribution >= 0.6 is 0 Å². The average Bonchev–Trinajstić information content (AvgIpc) is 2.87. The molecule has 0 bridgehead atoms. The molecule has 6 nitrogen and oxygen atoms in total. The van der Waals surface area contributed by atoms with Crippen LogP contribution in [-0.2, 0) is 0 Å². The molecule has 1 aliphatic rings. The van der Waals surface area contributed by atoms with Gasteiger partial charge in [0.1, 0.15) is 11.5 Å². The zero-order chi connectivity index (χ0) is 13.0. The van der Waals surface area contributed by atoms with Crippen molar-refractivity contribution < 1.29 is 9.90 Å². The van der Waals surface area contributed by atoms with Crippen LogP contribution in [0.15, 0.2) is 12.4 Å². The fourth-order valence-corrected chi connectivity index (χ4v) is 2.15. The van der Waals surface area contributed by atoms with E-state index < -0.39 is 0 Å². The second-order valence-electron chi connectivity index (χ2n) is 4.29. The normalized spacial score (nSPS) is 19.0. The number of hydrogen-bond acceptors (Lipinski definition) is 5. The van der Waals surface area contributed by atoms with Crippen LogP contribution in [0.1, 0.15) is 30.3 Å². The number of carbonyl (C=O) groups is 1. The number of hydrogen-bond donors (Lipinski definition) is 2. The van der Waals surface area contributed by atoms with Crippen molar-refractivity contribution in [2.45, 2.75) is 25.8 Å². The van der Waals surface area contributed by atoms with Gasteiger partial charge in [-0.3, -0.25) is 4.79 Å². The highest BCUT2D eigenvalue weighted by Gasteiger charge is 2.29. The number of anilines is 1. The number of rotatable bonds is 4. The van der Waals surface area contributed by atoms with Gasteiger partial charge in [-0.25, -0.2) is 9.97 Å². The number of amides is 1. The van der Waals surface area contributed by atoms with Crippen LogP contribution in [0.25, 0.3) is 0 Å². The van der Waals surface area contributed by atoms with Crippen molar-refractivity contribution in [1.29, 1.82) is 0 Å². The standard InChI is InChI=1S/C12H18N4O2/c1-2-13-11-7-14-10(6-15-11)12(18)16-5-3-4-9(16)8-17/h6-7,9,17H,2-5,8H2,1H3,(H,13,15). The number of nitrogens with zero attached hydrogens (tertiary/aromatic N) is 3. The monoisotopic (exact) mass is 250 g/mol. The van der Waals surface area contributed by atoms with Crippen molar-refractivity contribution >= 4 is 11.7 Å². The van der Waals surface area contributed by atoms with Gasteiger partial charge in [0.25, 0.3) is 5.91 Å². The largest absolute Gasteiger partial charge is 0.394 e. The lowest BCUT2D eigenvalue weighted by Crippen LogP contribution is -2.38. The predicted octanol–water partition coefficient (Wildman–Crippen LogP) is 0.505. The fraction of sp³-hybridized carbons (Fsp3) is 0.583. The first-order valence-corrected chi connectivity index (χ1v) is 6.24. The summed E-state index contributed by atoms with van der Waals surface area (Å²) in [5.74, 6) is 0.510. The maximum atomic E-state index is 12.2. The van der Waals surface area contributed by atoms with Crippen LogP contribution < -0.4 is 5.32 Å². The van der Waals surface area contributed by atoms with Gasteiger partial charge >= 0.3 is 0 Å². The lowest BCUT2D eigenvalue weighted by atomic mass is 10.2. The Kier molecular flexibility index (Phi) is 4.09. The van der Waals surface area contributed by atoms with E-state index in [1.807, 2.05) is 6.92 Å². The molecule has 1 saturated heterocycles. The number of aliphatic hydroxyl groups excluding tert-OH is 1. The summed E-state index contributed by atoms with van der Waals surface area (Å²) in [6.07, 6.45) is 4.82. The summed E-state index contributed by atoms with van der Waals surface area (Å²) in [6, 6.07) is -0.0762. The molecule has 0 saturated carbocycles. The van der Waals surface area contributed by atoms with Crippen LogP contribution in [0, 0.1) is 0 Å². The molecule has 2 rings (SSSR count). The molecule has 0 spiro atoms. The Labute approximate surface area is 106 Å². The van der Waals surface area contributed by atoms with Gasteiger partial charge < -0.3 is 15.3 Å². The van der Waals surface area contributed by atoms with E-state index in [4.69, 9.17) is 0 Å². The van der Waals surface area contributed by atoms with Crippen LogP contribution in [0.4, 0.5) is 5.82 Å². The van der Waals surface area contributed by atoms with E-state index in [1.54, 1.807) is 11.1 Å². The molecular formula is C12H18N4O2. The van der Waals surface area contributed by atoms with Crippen molar-refractivity contribution in [2.75, 3.05) is 25.0 Å². The molecule has 1 aromatic heterocycles. The topological polar surface area (TPSA) is 78.4 Å². The highest BCUT2D eigenvalue weighted by Crippen LogP contribution is 2.18. The van der Waals surface area contributed by atoms with Gasteiger partial charge in [0.2, 0.25) is 0 Å². The second kappa shape index (κ2) is 5.77. The Morgan fingerprint density at radius 2 is 2.39 bits per heavy atom. The average molecular weight is 250 g/mol. The van der Waals surface area contributed by atoms with Crippen molar-refractivity contribution in [3.63, 3.8) is 0 Å². The third kappa shape index (κ3) is 2.59. The molecule has 2 N–H and O–H groups in total. The Hall–Kier alpha value is -1.69. The molecule has 98 valence electrons. The minimum Gasteiger partial charge on any atom is -0.394 e. The molecule has 1 aromatic rings. The molecule has 18 heavy (non-hydrogen) atoms. The summed E-state index contributed by atoms with van der Waals surface area (Å²) in [5, 5.41) is 12.2. The highest BCUT2D eigenvalue weighted by atomic mass is 16.3. The molecule has 1 unspecified atom stereocenters. The fourth-order valence-electron chi connectivity index (χ4n) is 2.15. The Morgan fingerprint density at radius 1 is 1.56 bits per heavy atom. The lowest BCUT2D eigenvalue weighted by molar-refractivity contribution is 0.0671. The van der Waals surface area contributed by atoms with Crippen LogP contribution in [-0.4, -0.2) is 51.6 Å². The summed E-state index contributed by atoms with van der Waals surface area (Å²) in [6.45, 7) is 3.42. The van der Waals surface area contributed by atoms with Gasteiger partial charge in [-0.1, -0.05) is 0 Å². The third-order valence-corrected chi connectivity index (χ3v) is 3.08. The maximum Gasteiger partial charge on any atom is 0.274 e. The first-order valence-electron chi connectivity index (χ1n) is 6.24. The molecule has 0 radical (unpaired) electrons. The van der Waals surface area contributed by atoms with E-state index in [2.05, 4.69) is 15.3 Å². The van der Waals surface area contributed by atoms with Crippen molar-refractivity contribution in [3.05, 3.63) is 18.1 Å². The summed E-state index contributed by atoms with van der Waals surface area (Å²) in [5.41, 5.74) is 0.331. The number of likely N-dealkylation sites (tertiary alicyclic amines) is 1. The first kappa shape index (κ1) is 12.8. The number of aliphatic hydroxyl groups is 1. The van der Waals surface area contributed by atoms with Gasteiger partial charge in [-0.2, -0.15) is 0 Å². The minimum atomic E-state index is -0.151. The first-order chi connectivity index (χ1) is 8.76. The molecule has 2 heterocycles. The van der Waals surface area contributed by atoms with Crippen LogP contribution in [0.5, 0.6) is 0 Å². The molecule has 1 amide bonds. The highest BCUT2D eigenvalue weighted by molar-refractivity contribution is 5.92. The summed E-state index contributed by atoms with van der Waals surface area (Å²) < 4.78 is 0. The molecule has 1 aliphatic heterocycles. The smallest absolute Gasteiger partial charge is 0.274 e. The quantitative estimate of drug-likeness (QED) is 0.814. The molecule has 1 fully saturated rings. The Bertz CT molecular complexity index is 407. The van der Waals surface area contributed by atoms with E-state index in [0.29, 0.717) is 18.1 Å². The van der Waals surface area contributed by atoms with Gasteiger partial charge in [0.05, 0.1) is 25.0 Å². The van der Waals surface area contributed by atoms with Gasteiger partial charge in [-0.15, -0.1) is 0 Å². The lowest BCUT2D eigenvalue weighted by Gasteiger charge is -2.22. The van der Waals surface area contributed by atoms with Crippen molar-refractivity contribution in [1.82, 2.24) is 14.9 Å². The van der Waals surface area contributed by atoms with Crippen molar-refractivity contribution in [2.24, 2.45) is 0 Å². The zero-order valence-corrected chi connectivity index (χ0v) is 10.5. The van der Waals surface area contributed by atoms with Gasteiger partial charge in [-0.05, 0) is 19.8 Å². The van der Waals surface area contributed by atoms with Crippen LogP contribution in [0.2, 0.25) is 0 Å². The van der Waals surface area contributed by atoms with Gasteiger partial charge in [0.15, 0.2) is 0 Å². The number of aromatic nitrogens is 2. The summed E-state index contributed by atoms with van der Waals surface area (Å²) >= 11 is 0. The van der Waals surface area contributed by atoms with Gasteiger partial charge in [0, 0.05) is 13.1 Å². The second-order valence-corrected chi connectivity index (χ2v) is 4.29. The van der Waals surface area contributed by atoms with E-state index >= 15 is 0 Å². The Morgan fingerprint density at radius 3 is 3.00 bits per heavy atom. The van der Waals surface area contributed by atoms with Crippen LogP contribution in [0.3, 0.4) is 0 Å². The Balaban J connectivity index is 2.08. The number of nitrogens with one attached hydrogen (secondary N) is 1. The van der Waals surface area contributed by atoms with E-state index in [9.17, 15) is 9.90 Å². The molecule has 1 atom stereocenters. The summed E-state index contributed by atoms with van der Waals surface area (Å²) in [4.78, 5) is 22.1. The third-order valence-electron chi connectivity index (χ3n) is 3.08. The maximum absolute atomic E-state index is 12.2. The molecule has 0 aromatic carbocycles. The number of carbonyl (C=O) groups excluding carboxylic acids is 1. The van der Waals surface area contributed by atoms with E-state index in [-0.39, 0.29) is 18.6 Å². The molecule has 6 heteroatoms.